The van der Waals surface area contributed by atoms with Gasteiger partial charge in [0.05, 0.1) is 25.2 Å². The van der Waals surface area contributed by atoms with E-state index in [1.165, 1.54) is 95.0 Å². The van der Waals surface area contributed by atoms with Crippen LogP contribution in [0.5, 0.6) is 0 Å². The average molecular weight is 1360 g/mol. The second-order valence-corrected chi connectivity index (χ2v) is 27.1. The van der Waals surface area contributed by atoms with E-state index < -0.39 is 157 Å². The average Bonchev–Trinajstić information content (AvgIpc) is 0.810. The Hall–Kier alpha value is -8.09. The third-order valence-electron chi connectivity index (χ3n) is 18.7. The van der Waals surface area contributed by atoms with Crippen molar-refractivity contribution >= 4 is 76.6 Å². The number of hydrogen-bond acceptors (Lipinski definition) is 11. The van der Waals surface area contributed by atoms with Crippen LogP contribution < -0.4 is 10.6 Å². The summed E-state index contributed by atoms with van der Waals surface area (Å²) in [5, 5.41) is 5.94. The van der Waals surface area contributed by atoms with Crippen molar-refractivity contribution in [2.45, 2.75) is 167 Å². The van der Waals surface area contributed by atoms with Crippen LogP contribution in [0.2, 0.25) is 5.02 Å². The standard InChI is InChI=1S/C70H99ClF3N11O11/c1-16-45(6)61-68(95)79(10)41-59(88)77(8)42-60(89)81(12)55(38-49-27-32-51(71)33-28-49)65(92)78(9)40-57(86)75-53(34-29-47-25-30-50(31-26-47)70(72,73)74)64(91)82(13)54(36-43(2)3)66(93)83(14)56(37-48-22-18-17-19-23-48)67(94)84(15)62(44(4)5)69(96)85-35-21-20-24-52(85)39-58(87)80(11)46(7)63(90)76-61/h17-19,22-23,25-28,30-33,43-46,52-56,61-62H,16,20-21,24,29,34-42H2,1-15H3,(H,75,86)(H,76,90)/t45-,46-,52+,53-,54-,55-,56-,61-,62-/m0/s1. The van der Waals surface area contributed by atoms with Gasteiger partial charge in [-0.15, -0.1) is 0 Å². The number of benzene rings is 3. The summed E-state index contributed by atoms with van der Waals surface area (Å²) in [4.78, 5) is 173. The highest BCUT2D eigenvalue weighted by molar-refractivity contribution is 6.30. The van der Waals surface area contributed by atoms with Crippen molar-refractivity contribution in [3.05, 3.63) is 106 Å². The molecule has 96 heavy (non-hydrogen) atoms. The van der Waals surface area contributed by atoms with E-state index in [0.29, 0.717) is 47.4 Å². The van der Waals surface area contributed by atoms with E-state index in [0.717, 1.165) is 31.7 Å². The molecule has 26 heteroatoms. The quantitative estimate of drug-likeness (QED) is 0.219. The number of amides is 11. The lowest BCUT2D eigenvalue weighted by Gasteiger charge is -2.43. The number of halogens is 4. The minimum Gasteiger partial charge on any atom is -0.343 e. The van der Waals surface area contributed by atoms with Gasteiger partial charge in [-0.25, -0.2) is 0 Å². The molecule has 528 valence electrons. The van der Waals surface area contributed by atoms with Gasteiger partial charge in [-0.2, -0.15) is 13.2 Å². The summed E-state index contributed by atoms with van der Waals surface area (Å²) in [7, 11) is 11.2. The van der Waals surface area contributed by atoms with E-state index in [9.17, 15) is 46.7 Å². The Labute approximate surface area is 568 Å². The summed E-state index contributed by atoms with van der Waals surface area (Å²) >= 11 is 6.22. The lowest BCUT2D eigenvalue weighted by molar-refractivity contribution is -0.156. The number of piperidine rings is 1. The van der Waals surface area contributed by atoms with Crippen LogP contribution in [0.25, 0.3) is 0 Å². The zero-order chi connectivity index (χ0) is 71.8. The van der Waals surface area contributed by atoms with E-state index in [4.69, 9.17) is 11.6 Å². The zero-order valence-electron chi connectivity index (χ0n) is 58.3. The fourth-order valence-corrected chi connectivity index (χ4v) is 12.3. The maximum Gasteiger partial charge on any atom is 0.416 e. The zero-order valence-corrected chi connectivity index (χ0v) is 59.0. The van der Waals surface area contributed by atoms with Crippen molar-refractivity contribution in [2.75, 3.05) is 82.6 Å². The van der Waals surface area contributed by atoms with Gasteiger partial charge >= 0.3 is 6.18 Å². The second kappa shape index (κ2) is 35.2. The molecule has 0 bridgehead atoms. The van der Waals surface area contributed by atoms with E-state index in [1.807, 2.05) is 20.8 Å². The van der Waals surface area contributed by atoms with Crippen molar-refractivity contribution in [3.63, 3.8) is 0 Å². The Balaban J connectivity index is 1.63. The van der Waals surface area contributed by atoms with E-state index in [1.54, 1.807) is 80.3 Å². The molecule has 2 fully saturated rings. The molecule has 0 aliphatic carbocycles. The number of aryl methyl sites for hydroxylation is 1. The van der Waals surface area contributed by atoms with Crippen molar-refractivity contribution in [1.82, 2.24) is 54.7 Å². The lowest BCUT2D eigenvalue weighted by Crippen LogP contribution is -2.61. The first-order chi connectivity index (χ1) is 45.0. The molecule has 3 aromatic carbocycles. The molecular weight excluding hydrogens is 1260 g/mol. The molecule has 9 atom stereocenters. The predicted molar refractivity (Wildman–Crippen MR) is 358 cm³/mol. The number of hydrogen-bond donors (Lipinski definition) is 2. The Kier molecular flexibility index (Phi) is 28.9. The number of likely N-dealkylation sites (N-methyl/N-ethyl adjacent to an activating group) is 8. The Morgan fingerprint density at radius 3 is 1.67 bits per heavy atom. The highest BCUT2D eigenvalue weighted by atomic mass is 35.5. The van der Waals surface area contributed by atoms with E-state index >= 15 is 19.2 Å². The lowest BCUT2D eigenvalue weighted by atomic mass is 9.93. The van der Waals surface area contributed by atoms with Crippen LogP contribution in [0.3, 0.4) is 0 Å². The first kappa shape index (κ1) is 78.6. The number of alkyl halides is 3. The first-order valence-corrected chi connectivity index (χ1v) is 33.3. The van der Waals surface area contributed by atoms with Gasteiger partial charge in [0.25, 0.3) is 0 Å². The summed E-state index contributed by atoms with van der Waals surface area (Å²) in [5.41, 5.74) is 0.706. The molecule has 0 aromatic heterocycles. The molecule has 2 N–H and O–H groups in total. The molecule has 0 spiro atoms. The summed E-state index contributed by atoms with van der Waals surface area (Å²) in [6, 6.07) is 10.3. The van der Waals surface area contributed by atoms with Crippen LogP contribution in [0.4, 0.5) is 13.2 Å². The summed E-state index contributed by atoms with van der Waals surface area (Å²) in [6.07, 6.45) is -3.01. The molecule has 2 aliphatic heterocycles. The van der Waals surface area contributed by atoms with Crippen LogP contribution in [0.15, 0.2) is 78.9 Å². The molecule has 5 rings (SSSR count). The summed E-state index contributed by atoms with van der Waals surface area (Å²) in [6.45, 7) is 10.8. The Morgan fingerprint density at radius 2 is 1.09 bits per heavy atom. The number of nitrogens with zero attached hydrogens (tertiary/aromatic N) is 9. The van der Waals surface area contributed by atoms with Crippen molar-refractivity contribution in [1.29, 1.82) is 0 Å². The maximum absolute atomic E-state index is 15.5. The minimum absolute atomic E-state index is 0.0293. The predicted octanol–water partition coefficient (Wildman–Crippen LogP) is 5.81. The topological polar surface area (TPSA) is 241 Å². The number of carbonyl (C=O) groups is 11. The van der Waals surface area contributed by atoms with Gasteiger partial charge < -0.3 is 54.7 Å². The van der Waals surface area contributed by atoms with Crippen LogP contribution in [0.1, 0.15) is 116 Å². The van der Waals surface area contributed by atoms with Crippen LogP contribution in [0, 0.1) is 17.8 Å². The van der Waals surface area contributed by atoms with E-state index in [2.05, 4.69) is 10.6 Å². The SMILES string of the molecule is CC[C@H](C)[C@@H]1NC(=O)[C@H](C)N(C)C(=O)C[C@H]2CCCCN2C(=O)[C@H](C(C)C)N(C)C(=O)[C@H](Cc2ccccc2)N(C)C(=O)[C@H](CC(C)C)N(C)C(=O)[C@H](CCc2ccc(C(F)(F)F)cc2)NC(=O)CN(C)C(=O)[C@H](Cc2ccc(Cl)cc2)N(C)C(=O)CN(C)C(=O)CN(C)C1=O. The van der Waals surface area contributed by atoms with Crippen LogP contribution >= 0.6 is 11.6 Å². The molecule has 11 amide bonds. The van der Waals surface area contributed by atoms with Gasteiger partial charge in [0.1, 0.15) is 42.3 Å². The number of rotatable bonds is 12. The normalized spacial score (nSPS) is 24.1. The van der Waals surface area contributed by atoms with Gasteiger partial charge in [-0.3, -0.25) is 52.7 Å². The van der Waals surface area contributed by atoms with Crippen molar-refractivity contribution < 1.29 is 65.9 Å². The molecule has 0 saturated carbocycles. The van der Waals surface area contributed by atoms with Gasteiger partial charge in [0.15, 0.2) is 0 Å². The van der Waals surface area contributed by atoms with E-state index in [-0.39, 0.29) is 51.0 Å². The smallest absolute Gasteiger partial charge is 0.343 e. The molecule has 2 aliphatic rings. The van der Waals surface area contributed by atoms with Crippen molar-refractivity contribution in [2.24, 2.45) is 17.8 Å². The fourth-order valence-electron chi connectivity index (χ4n) is 12.2. The first-order valence-electron chi connectivity index (χ1n) is 32.9. The third kappa shape index (κ3) is 21.0. The monoisotopic (exact) mass is 1360 g/mol. The summed E-state index contributed by atoms with van der Waals surface area (Å²) in [5.74, 6) is -8.43. The number of fused-ring (bicyclic) bond motifs is 1. The molecule has 2 heterocycles. The Bertz CT molecular complexity index is 3210. The molecule has 0 unspecified atom stereocenters. The van der Waals surface area contributed by atoms with Crippen molar-refractivity contribution in [3.8, 4) is 0 Å². The fraction of sp³-hybridized carbons (Fsp3) is 0.586. The van der Waals surface area contributed by atoms with Gasteiger partial charge in [-0.05, 0) is 104 Å². The Morgan fingerprint density at radius 1 is 0.552 bits per heavy atom. The molecular formula is C70H99ClF3N11O11. The highest BCUT2D eigenvalue weighted by Gasteiger charge is 2.44. The largest absolute Gasteiger partial charge is 0.416 e. The molecule has 3 aromatic rings. The van der Waals surface area contributed by atoms with Crippen LogP contribution in [-0.2, 0) is 78.2 Å². The molecule has 2 saturated heterocycles. The summed E-state index contributed by atoms with van der Waals surface area (Å²) < 4.78 is 41.1. The van der Waals surface area contributed by atoms with Gasteiger partial charge in [0, 0.05) is 93.3 Å². The highest BCUT2D eigenvalue weighted by Crippen LogP contribution is 2.31. The maximum atomic E-state index is 15.5. The number of carbonyl (C=O) groups excluding carboxylic acids is 11. The third-order valence-corrected chi connectivity index (χ3v) is 18.9. The second-order valence-electron chi connectivity index (χ2n) is 26.7. The minimum atomic E-state index is -4.64. The van der Waals surface area contributed by atoms with Gasteiger partial charge in [-0.1, -0.05) is 114 Å². The van der Waals surface area contributed by atoms with Gasteiger partial charge in [0.2, 0.25) is 65.0 Å². The van der Waals surface area contributed by atoms with Crippen LogP contribution in [-0.4, -0.2) is 240 Å². The molecule has 22 nitrogen and oxygen atoms in total. The number of nitrogens with one attached hydrogen (secondary N) is 2. The molecule has 0 radical (unpaired) electrons.